The van der Waals surface area contributed by atoms with Gasteiger partial charge in [0.2, 0.25) is 0 Å². The normalized spacial score (nSPS) is 15.4. The fourth-order valence-electron chi connectivity index (χ4n) is 3.31. The Morgan fingerprint density at radius 1 is 1.38 bits per heavy atom. The number of rotatable bonds is 8. The van der Waals surface area contributed by atoms with Crippen molar-refractivity contribution in [2.75, 3.05) is 38.2 Å². The van der Waals surface area contributed by atoms with Crippen LogP contribution in [0.5, 0.6) is 5.75 Å². The van der Waals surface area contributed by atoms with Crippen LogP contribution in [0, 0.1) is 5.82 Å². The van der Waals surface area contributed by atoms with Crippen molar-refractivity contribution in [2.45, 2.75) is 39.2 Å². The van der Waals surface area contributed by atoms with E-state index < -0.39 is 0 Å². The van der Waals surface area contributed by atoms with E-state index in [0.717, 1.165) is 42.4 Å². The van der Waals surface area contributed by atoms with E-state index in [4.69, 9.17) is 9.72 Å². The van der Waals surface area contributed by atoms with E-state index >= 15 is 0 Å². The van der Waals surface area contributed by atoms with Crippen molar-refractivity contribution in [2.24, 2.45) is 4.99 Å². The molecule has 29 heavy (non-hydrogen) atoms. The summed E-state index contributed by atoms with van der Waals surface area (Å²) in [6, 6.07) is 4.91. The van der Waals surface area contributed by atoms with E-state index in [1.165, 1.54) is 26.0 Å². The topological polar surface area (TPSA) is 61.8 Å². The molecule has 1 unspecified atom stereocenters. The molecule has 0 radical (unpaired) electrons. The number of hydrogen-bond acceptors (Lipinski definition) is 5. The summed E-state index contributed by atoms with van der Waals surface area (Å²) in [5, 5.41) is 9.85. The Bertz CT molecular complexity index is 819. The van der Waals surface area contributed by atoms with Crippen LogP contribution < -0.4 is 20.3 Å². The monoisotopic (exact) mass is 419 g/mol. The highest BCUT2D eigenvalue weighted by molar-refractivity contribution is 7.13. The number of halogens is 1. The fourth-order valence-corrected chi connectivity index (χ4v) is 4.22. The van der Waals surface area contributed by atoms with Gasteiger partial charge >= 0.3 is 0 Å². The molecule has 2 heterocycles. The van der Waals surface area contributed by atoms with Crippen molar-refractivity contribution in [3.05, 3.63) is 40.7 Å². The summed E-state index contributed by atoms with van der Waals surface area (Å²) in [5.41, 5.74) is 1.92. The summed E-state index contributed by atoms with van der Waals surface area (Å²) >= 11 is 1.72. The summed E-state index contributed by atoms with van der Waals surface area (Å²) in [5.74, 6) is 0.599. The third-order valence-corrected chi connectivity index (χ3v) is 5.88. The highest BCUT2D eigenvalue weighted by atomic mass is 32.1. The van der Waals surface area contributed by atoms with Crippen LogP contribution in [0.15, 0.2) is 28.6 Å². The maximum Gasteiger partial charge on any atom is 0.191 e. The van der Waals surface area contributed by atoms with Gasteiger partial charge in [0.25, 0.3) is 0 Å². The molecule has 2 N–H and O–H groups in total. The summed E-state index contributed by atoms with van der Waals surface area (Å²) in [4.78, 5) is 11.8. The first-order valence-electron chi connectivity index (χ1n) is 10.2. The Kier molecular flexibility index (Phi) is 7.69. The highest BCUT2D eigenvalue weighted by Gasteiger charge is 2.15. The van der Waals surface area contributed by atoms with Crippen molar-refractivity contribution < 1.29 is 9.13 Å². The molecule has 0 spiro atoms. The zero-order valence-electron chi connectivity index (χ0n) is 17.4. The van der Waals surface area contributed by atoms with Gasteiger partial charge in [-0.15, -0.1) is 11.3 Å². The molecule has 2 aromatic rings. The molecule has 6 nitrogen and oxygen atoms in total. The van der Waals surface area contributed by atoms with Gasteiger partial charge in [0.15, 0.2) is 22.7 Å². The highest BCUT2D eigenvalue weighted by Crippen LogP contribution is 2.24. The molecule has 8 heteroatoms. The van der Waals surface area contributed by atoms with Gasteiger partial charge in [-0.05, 0) is 44.4 Å². The average Bonchev–Trinajstić information content (AvgIpc) is 3.40. The number of aliphatic imine (C=N–C) groups is 1. The molecule has 158 valence electrons. The molecule has 0 bridgehead atoms. The molecule has 0 aliphatic carbocycles. The van der Waals surface area contributed by atoms with Crippen LogP contribution in [-0.4, -0.2) is 44.2 Å². The van der Waals surface area contributed by atoms with E-state index in [1.54, 1.807) is 17.4 Å². The first kappa shape index (κ1) is 21.4. The summed E-state index contributed by atoms with van der Waals surface area (Å²) in [6.45, 7) is 7.63. The van der Waals surface area contributed by atoms with E-state index in [0.29, 0.717) is 12.5 Å². The van der Waals surface area contributed by atoms with Crippen LogP contribution >= 0.6 is 11.3 Å². The van der Waals surface area contributed by atoms with Gasteiger partial charge < -0.3 is 20.3 Å². The van der Waals surface area contributed by atoms with Gasteiger partial charge in [0, 0.05) is 38.0 Å². The molecule has 0 saturated carbocycles. The Labute approximate surface area is 176 Å². The number of aromatic nitrogens is 1. The molecular formula is C21H30FN5OS. The van der Waals surface area contributed by atoms with Crippen LogP contribution in [-0.2, 0) is 6.42 Å². The SMILES string of the molecule is CCNC(=NCCc1csc(N2CCCC2)n1)NC(C)c1ccc(OC)c(F)c1. The Morgan fingerprint density at radius 3 is 2.86 bits per heavy atom. The number of methoxy groups -OCH3 is 1. The summed E-state index contributed by atoms with van der Waals surface area (Å²) in [6.07, 6.45) is 3.31. The molecular weight excluding hydrogens is 389 g/mol. The van der Waals surface area contributed by atoms with Crippen LogP contribution in [0.25, 0.3) is 0 Å². The van der Waals surface area contributed by atoms with Crippen molar-refractivity contribution in [3.8, 4) is 5.75 Å². The van der Waals surface area contributed by atoms with Gasteiger partial charge in [-0.1, -0.05) is 6.07 Å². The standard InChI is InChI=1S/C21H30FN5OS/c1-4-23-20(25-15(2)16-7-8-19(28-3)18(22)13-16)24-10-9-17-14-29-21(26-17)27-11-5-6-12-27/h7-8,13-15H,4-6,9-12H2,1-3H3,(H2,23,24,25). The van der Waals surface area contributed by atoms with Gasteiger partial charge in [-0.2, -0.15) is 0 Å². The third-order valence-electron chi connectivity index (χ3n) is 4.93. The number of ether oxygens (including phenoxy) is 1. The predicted molar refractivity (Wildman–Crippen MR) is 118 cm³/mol. The first-order chi connectivity index (χ1) is 14.1. The lowest BCUT2D eigenvalue weighted by atomic mass is 10.1. The summed E-state index contributed by atoms with van der Waals surface area (Å²) < 4.78 is 19.0. The Morgan fingerprint density at radius 2 is 2.17 bits per heavy atom. The molecule has 0 amide bonds. The smallest absolute Gasteiger partial charge is 0.191 e. The minimum atomic E-state index is -0.363. The van der Waals surface area contributed by atoms with Crippen molar-refractivity contribution in [1.82, 2.24) is 15.6 Å². The quantitative estimate of drug-likeness (QED) is 0.504. The number of nitrogens with zero attached hydrogens (tertiary/aromatic N) is 3. The van der Waals surface area contributed by atoms with Gasteiger partial charge in [-0.3, -0.25) is 4.99 Å². The van der Waals surface area contributed by atoms with Crippen LogP contribution in [0.4, 0.5) is 9.52 Å². The van der Waals surface area contributed by atoms with Crippen molar-refractivity contribution in [3.63, 3.8) is 0 Å². The van der Waals surface area contributed by atoms with Gasteiger partial charge in [-0.25, -0.2) is 9.37 Å². The second-order valence-corrected chi connectivity index (χ2v) is 7.92. The van der Waals surface area contributed by atoms with E-state index in [9.17, 15) is 4.39 Å². The predicted octanol–water partition coefficient (Wildman–Crippen LogP) is 3.75. The van der Waals surface area contributed by atoms with Crippen LogP contribution in [0.2, 0.25) is 0 Å². The number of thiazole rings is 1. The number of anilines is 1. The zero-order chi connectivity index (χ0) is 20.6. The molecule has 1 aliphatic heterocycles. The van der Waals surface area contributed by atoms with Crippen molar-refractivity contribution >= 4 is 22.4 Å². The molecule has 1 aromatic heterocycles. The number of nitrogens with one attached hydrogen (secondary N) is 2. The zero-order valence-corrected chi connectivity index (χ0v) is 18.2. The summed E-state index contributed by atoms with van der Waals surface area (Å²) in [7, 11) is 1.46. The largest absolute Gasteiger partial charge is 0.494 e. The van der Waals surface area contributed by atoms with Crippen LogP contribution in [0.3, 0.4) is 0 Å². The van der Waals surface area contributed by atoms with Crippen LogP contribution in [0.1, 0.15) is 44.0 Å². The lowest BCUT2D eigenvalue weighted by molar-refractivity contribution is 0.386. The molecule has 1 aliphatic rings. The second kappa shape index (κ2) is 10.4. The number of benzene rings is 1. The molecule has 3 rings (SSSR count). The molecule has 1 fully saturated rings. The van der Waals surface area contributed by atoms with E-state index in [1.807, 2.05) is 19.9 Å². The second-order valence-electron chi connectivity index (χ2n) is 7.09. The number of guanidine groups is 1. The lowest BCUT2D eigenvalue weighted by Crippen LogP contribution is -2.38. The number of hydrogen-bond donors (Lipinski definition) is 2. The van der Waals surface area contributed by atoms with Gasteiger partial charge in [0.1, 0.15) is 0 Å². The molecule has 1 aromatic carbocycles. The maximum absolute atomic E-state index is 14.0. The lowest BCUT2D eigenvalue weighted by Gasteiger charge is -2.18. The molecule has 1 saturated heterocycles. The Balaban J connectivity index is 1.57. The Hall–Kier alpha value is -2.35. The minimum absolute atomic E-state index is 0.0887. The third kappa shape index (κ3) is 5.82. The van der Waals surface area contributed by atoms with E-state index in [2.05, 4.69) is 25.9 Å². The fraction of sp³-hybridized carbons (Fsp3) is 0.524. The minimum Gasteiger partial charge on any atom is -0.494 e. The van der Waals surface area contributed by atoms with Gasteiger partial charge in [0.05, 0.1) is 18.8 Å². The van der Waals surface area contributed by atoms with Crippen molar-refractivity contribution in [1.29, 1.82) is 0 Å². The first-order valence-corrected chi connectivity index (χ1v) is 11.1. The molecule has 1 atom stereocenters. The van der Waals surface area contributed by atoms with E-state index in [-0.39, 0.29) is 17.6 Å². The maximum atomic E-state index is 14.0. The average molecular weight is 420 g/mol.